The van der Waals surface area contributed by atoms with Gasteiger partial charge in [0.1, 0.15) is 0 Å². The topological polar surface area (TPSA) is 27.0 Å². The van der Waals surface area contributed by atoms with Gasteiger partial charge in [-0.2, -0.15) is 5.26 Å². The van der Waals surface area contributed by atoms with Crippen LogP contribution in [0.25, 0.3) is 0 Å². The Morgan fingerprint density at radius 1 is 1.12 bits per heavy atom. The monoisotopic (exact) mass is 410 g/mol. The van der Waals surface area contributed by atoms with Crippen molar-refractivity contribution in [3.8, 4) is 6.07 Å². The van der Waals surface area contributed by atoms with Gasteiger partial charge in [-0.3, -0.25) is 4.90 Å². The van der Waals surface area contributed by atoms with Gasteiger partial charge in [0.25, 0.3) is 0 Å². The van der Waals surface area contributed by atoms with Gasteiger partial charge in [0.2, 0.25) is 0 Å². The molecule has 3 rings (SSSR count). The number of rotatable bonds is 9. The summed E-state index contributed by atoms with van der Waals surface area (Å²) in [5.74, 6) is 0.526. The van der Waals surface area contributed by atoms with Gasteiger partial charge in [-0.25, -0.2) is 0 Å². The standard InChI is InChI=1S/C23H27BrN2/c1-2-26(17-19-7-4-3-5-8-19)16-6-15-23(18-25,20-9-10-20)21-11-13-22(24)14-12-21/h3-5,7-8,11-14,20H,2,6,9-10,15-17H2,1H3. The molecule has 0 radical (unpaired) electrons. The minimum Gasteiger partial charge on any atom is -0.299 e. The molecule has 1 fully saturated rings. The smallest absolute Gasteiger partial charge is 0.0850 e. The summed E-state index contributed by atoms with van der Waals surface area (Å²) < 4.78 is 1.07. The molecule has 1 saturated carbocycles. The molecule has 0 aliphatic heterocycles. The summed E-state index contributed by atoms with van der Waals surface area (Å²) in [6.45, 7) is 5.28. The maximum Gasteiger partial charge on any atom is 0.0850 e. The molecule has 1 aliphatic rings. The minimum absolute atomic E-state index is 0.313. The van der Waals surface area contributed by atoms with E-state index in [-0.39, 0.29) is 5.41 Å². The van der Waals surface area contributed by atoms with Crippen molar-refractivity contribution in [3.63, 3.8) is 0 Å². The lowest BCUT2D eigenvalue weighted by Gasteiger charge is -2.29. The van der Waals surface area contributed by atoms with Crippen molar-refractivity contribution in [1.82, 2.24) is 4.90 Å². The molecule has 2 aromatic carbocycles. The molecule has 26 heavy (non-hydrogen) atoms. The minimum atomic E-state index is -0.313. The lowest BCUT2D eigenvalue weighted by Crippen LogP contribution is -2.30. The highest BCUT2D eigenvalue weighted by atomic mass is 79.9. The molecule has 0 spiro atoms. The van der Waals surface area contributed by atoms with Crippen molar-refractivity contribution < 1.29 is 0 Å². The number of benzene rings is 2. The normalized spacial score (nSPS) is 16.2. The van der Waals surface area contributed by atoms with E-state index in [4.69, 9.17) is 0 Å². The van der Waals surface area contributed by atoms with Crippen molar-refractivity contribution in [2.45, 2.75) is 44.6 Å². The number of halogens is 1. The second-order valence-corrected chi connectivity index (χ2v) is 8.24. The molecule has 0 saturated heterocycles. The molecule has 3 heteroatoms. The number of nitriles is 1. The first-order valence-corrected chi connectivity index (χ1v) is 10.4. The molecule has 0 heterocycles. The van der Waals surface area contributed by atoms with Gasteiger partial charge in [0, 0.05) is 11.0 Å². The first-order valence-electron chi connectivity index (χ1n) is 9.61. The molecule has 1 aliphatic carbocycles. The van der Waals surface area contributed by atoms with Crippen LogP contribution in [0, 0.1) is 17.2 Å². The van der Waals surface area contributed by atoms with Crippen molar-refractivity contribution in [3.05, 3.63) is 70.2 Å². The highest BCUT2D eigenvalue weighted by molar-refractivity contribution is 9.10. The highest BCUT2D eigenvalue weighted by Crippen LogP contribution is 2.50. The van der Waals surface area contributed by atoms with E-state index in [2.05, 4.69) is 88.4 Å². The molecule has 0 aromatic heterocycles. The largest absolute Gasteiger partial charge is 0.299 e. The van der Waals surface area contributed by atoms with Crippen LogP contribution in [-0.4, -0.2) is 18.0 Å². The number of nitrogens with zero attached hydrogens (tertiary/aromatic N) is 2. The Labute approximate surface area is 166 Å². The quantitative estimate of drug-likeness (QED) is 0.512. The third-order valence-electron chi connectivity index (χ3n) is 5.57. The molecule has 2 aromatic rings. The summed E-state index contributed by atoms with van der Waals surface area (Å²) >= 11 is 3.51. The maximum atomic E-state index is 10.1. The Morgan fingerprint density at radius 2 is 1.81 bits per heavy atom. The van der Waals surface area contributed by atoms with Crippen molar-refractivity contribution in [2.75, 3.05) is 13.1 Å². The van der Waals surface area contributed by atoms with Gasteiger partial charge in [-0.1, -0.05) is 65.3 Å². The van der Waals surface area contributed by atoms with E-state index >= 15 is 0 Å². The Morgan fingerprint density at radius 3 is 2.38 bits per heavy atom. The Kier molecular flexibility index (Phi) is 6.51. The van der Waals surface area contributed by atoms with Crippen LogP contribution >= 0.6 is 15.9 Å². The third kappa shape index (κ3) is 4.55. The maximum absolute atomic E-state index is 10.1. The predicted molar refractivity (Wildman–Crippen MR) is 111 cm³/mol. The highest BCUT2D eigenvalue weighted by Gasteiger charge is 2.46. The molecule has 0 bridgehead atoms. The van der Waals surface area contributed by atoms with Gasteiger partial charge in [0.05, 0.1) is 11.5 Å². The zero-order chi connectivity index (χ0) is 18.4. The molecule has 0 N–H and O–H groups in total. The first-order chi connectivity index (χ1) is 12.7. The molecule has 1 unspecified atom stereocenters. The average Bonchev–Trinajstić information content (AvgIpc) is 3.52. The SMILES string of the molecule is CCN(CCCC(C#N)(c1ccc(Br)cc1)C1CC1)Cc1ccccc1. The summed E-state index contributed by atoms with van der Waals surface area (Å²) in [7, 11) is 0. The molecule has 0 amide bonds. The first kappa shape index (κ1) is 19.1. The number of hydrogen-bond donors (Lipinski definition) is 0. The average molecular weight is 411 g/mol. The van der Waals surface area contributed by atoms with Crippen molar-refractivity contribution >= 4 is 15.9 Å². The van der Waals surface area contributed by atoms with Crippen LogP contribution in [0.3, 0.4) is 0 Å². The van der Waals surface area contributed by atoms with Gasteiger partial charge in [-0.15, -0.1) is 0 Å². The molecule has 136 valence electrons. The number of hydrogen-bond acceptors (Lipinski definition) is 2. The molecule has 1 atom stereocenters. The zero-order valence-corrected chi connectivity index (χ0v) is 17.1. The van der Waals surface area contributed by atoms with Crippen molar-refractivity contribution in [2.24, 2.45) is 5.92 Å². The van der Waals surface area contributed by atoms with Crippen LogP contribution in [0.5, 0.6) is 0 Å². The lowest BCUT2D eigenvalue weighted by atomic mass is 9.74. The van der Waals surface area contributed by atoms with Crippen LogP contribution in [0.2, 0.25) is 0 Å². The van der Waals surface area contributed by atoms with E-state index in [1.807, 2.05) is 0 Å². The van der Waals surface area contributed by atoms with E-state index in [9.17, 15) is 5.26 Å². The van der Waals surface area contributed by atoms with Gasteiger partial charge >= 0.3 is 0 Å². The summed E-state index contributed by atoms with van der Waals surface area (Å²) in [6, 6.07) is 21.8. The van der Waals surface area contributed by atoms with E-state index < -0.39 is 0 Å². The summed E-state index contributed by atoms with van der Waals surface area (Å²) in [5, 5.41) is 10.1. The summed E-state index contributed by atoms with van der Waals surface area (Å²) in [6.07, 6.45) is 4.37. The summed E-state index contributed by atoms with van der Waals surface area (Å²) in [4.78, 5) is 2.48. The van der Waals surface area contributed by atoms with Gasteiger partial charge in [-0.05, 0) is 68.0 Å². The van der Waals surface area contributed by atoms with Crippen LogP contribution < -0.4 is 0 Å². The second kappa shape index (κ2) is 8.84. The zero-order valence-electron chi connectivity index (χ0n) is 15.5. The third-order valence-corrected chi connectivity index (χ3v) is 6.10. The fourth-order valence-corrected chi connectivity index (χ4v) is 4.16. The van der Waals surface area contributed by atoms with Crippen LogP contribution in [0.4, 0.5) is 0 Å². The molecule has 2 nitrogen and oxygen atoms in total. The lowest BCUT2D eigenvalue weighted by molar-refractivity contribution is 0.261. The van der Waals surface area contributed by atoms with Gasteiger partial charge < -0.3 is 0 Å². The molecular weight excluding hydrogens is 384 g/mol. The Hall–Kier alpha value is -1.63. The predicted octanol–water partition coefficient (Wildman–Crippen LogP) is 5.92. The molecular formula is C23H27BrN2. The van der Waals surface area contributed by atoms with Crippen molar-refractivity contribution in [1.29, 1.82) is 5.26 Å². The van der Waals surface area contributed by atoms with Gasteiger partial charge in [0.15, 0.2) is 0 Å². The fraction of sp³-hybridized carbons (Fsp3) is 0.435. The van der Waals surface area contributed by atoms with E-state index in [1.165, 1.54) is 24.0 Å². The Bertz CT molecular complexity index is 731. The van der Waals surface area contributed by atoms with E-state index in [0.29, 0.717) is 5.92 Å². The van der Waals surface area contributed by atoms with Crippen LogP contribution in [0.1, 0.15) is 43.7 Å². The van der Waals surface area contributed by atoms with E-state index in [0.717, 1.165) is 36.9 Å². The van der Waals surface area contributed by atoms with E-state index in [1.54, 1.807) is 0 Å². The van der Waals surface area contributed by atoms with Crippen LogP contribution in [0.15, 0.2) is 59.1 Å². The fourth-order valence-electron chi connectivity index (χ4n) is 3.89. The summed E-state index contributed by atoms with van der Waals surface area (Å²) in [5.41, 5.74) is 2.24. The Balaban J connectivity index is 1.64. The second-order valence-electron chi connectivity index (χ2n) is 7.32. The van der Waals surface area contributed by atoms with Crippen LogP contribution in [-0.2, 0) is 12.0 Å².